The summed E-state index contributed by atoms with van der Waals surface area (Å²) in [6, 6.07) is 15.4. The molecule has 0 saturated carbocycles. The Bertz CT molecular complexity index is 1140. The molecule has 3 N–H and O–H groups in total. The van der Waals surface area contributed by atoms with Gasteiger partial charge >= 0.3 is 0 Å². The van der Waals surface area contributed by atoms with Crippen molar-refractivity contribution < 1.29 is 19.1 Å². The van der Waals surface area contributed by atoms with Crippen LogP contribution in [0.3, 0.4) is 0 Å². The van der Waals surface area contributed by atoms with Gasteiger partial charge in [-0.2, -0.15) is 0 Å². The van der Waals surface area contributed by atoms with Gasteiger partial charge in [-0.3, -0.25) is 19.4 Å². The average molecular weight is 432 g/mol. The third kappa shape index (κ3) is 6.15. The molecule has 0 radical (unpaired) electrons. The number of carbonyl (C=O) groups excluding carboxylic acids is 3. The minimum absolute atomic E-state index is 0.243. The molecular formula is C24H24N4O4. The molecule has 0 fully saturated rings. The molecule has 0 aliphatic carbocycles. The molecule has 8 nitrogen and oxygen atoms in total. The van der Waals surface area contributed by atoms with Gasteiger partial charge in [0.25, 0.3) is 5.91 Å². The highest BCUT2D eigenvalue weighted by Crippen LogP contribution is 2.23. The van der Waals surface area contributed by atoms with Gasteiger partial charge in [-0.1, -0.05) is 6.07 Å². The Morgan fingerprint density at radius 2 is 1.47 bits per heavy atom. The zero-order valence-electron chi connectivity index (χ0n) is 18.1. The normalized spacial score (nSPS) is 10.2. The van der Waals surface area contributed by atoms with Crippen molar-refractivity contribution in [1.82, 2.24) is 10.3 Å². The number of aromatic nitrogens is 1. The van der Waals surface area contributed by atoms with Gasteiger partial charge in [0, 0.05) is 30.7 Å². The molecule has 0 aliphatic heterocycles. The zero-order chi connectivity index (χ0) is 23.1. The largest absolute Gasteiger partial charge is 0.457 e. The maximum Gasteiger partial charge on any atom is 0.269 e. The van der Waals surface area contributed by atoms with E-state index in [1.54, 1.807) is 36.4 Å². The Balaban J connectivity index is 1.53. The molecule has 164 valence electrons. The molecule has 2 aromatic carbocycles. The van der Waals surface area contributed by atoms with E-state index < -0.39 is 11.8 Å². The zero-order valence-corrected chi connectivity index (χ0v) is 18.1. The molecule has 0 saturated heterocycles. The van der Waals surface area contributed by atoms with Crippen molar-refractivity contribution in [2.75, 3.05) is 17.7 Å². The van der Waals surface area contributed by atoms with E-state index in [9.17, 15) is 14.4 Å². The summed E-state index contributed by atoms with van der Waals surface area (Å²) in [4.78, 5) is 40.0. The molecule has 3 aromatic rings. The van der Waals surface area contributed by atoms with E-state index in [4.69, 9.17) is 4.74 Å². The van der Waals surface area contributed by atoms with Crippen molar-refractivity contribution in [3.05, 3.63) is 77.6 Å². The van der Waals surface area contributed by atoms with Crippen molar-refractivity contribution in [3.8, 4) is 11.5 Å². The van der Waals surface area contributed by atoms with E-state index in [1.165, 1.54) is 19.3 Å². The highest BCUT2D eigenvalue weighted by Gasteiger charge is 2.11. The summed E-state index contributed by atoms with van der Waals surface area (Å²) in [6.45, 7) is 3.95. The van der Waals surface area contributed by atoms with Crippen molar-refractivity contribution in [1.29, 1.82) is 0 Å². The molecule has 1 aromatic heterocycles. The second-order valence-electron chi connectivity index (χ2n) is 7.15. The van der Waals surface area contributed by atoms with Crippen molar-refractivity contribution in [3.63, 3.8) is 0 Å². The van der Waals surface area contributed by atoms with Crippen LogP contribution in [0.1, 0.15) is 28.0 Å². The van der Waals surface area contributed by atoms with Crippen molar-refractivity contribution in [2.45, 2.75) is 20.3 Å². The van der Waals surface area contributed by atoms with Gasteiger partial charge in [0.15, 0.2) is 0 Å². The summed E-state index contributed by atoms with van der Waals surface area (Å²) in [6.07, 6.45) is 1.18. The molecule has 0 bridgehead atoms. The molecule has 32 heavy (non-hydrogen) atoms. The third-order valence-electron chi connectivity index (χ3n) is 4.68. The summed E-state index contributed by atoms with van der Waals surface area (Å²) in [7, 11) is 1.53. The minimum Gasteiger partial charge on any atom is -0.457 e. The van der Waals surface area contributed by atoms with Gasteiger partial charge in [0.05, 0.1) is 0 Å². The van der Waals surface area contributed by atoms with Crippen LogP contribution in [0.2, 0.25) is 0 Å². The molecule has 0 spiro atoms. The lowest BCUT2D eigenvalue weighted by Crippen LogP contribution is -2.21. The molecule has 3 rings (SSSR count). The van der Waals surface area contributed by atoms with Crippen LogP contribution in [0.25, 0.3) is 0 Å². The maximum absolute atomic E-state index is 12.2. The number of hydrogen-bond acceptors (Lipinski definition) is 5. The number of anilines is 2. The fourth-order valence-electron chi connectivity index (χ4n) is 2.84. The number of carbonyl (C=O) groups is 3. The van der Waals surface area contributed by atoms with Crippen molar-refractivity contribution >= 4 is 29.1 Å². The number of amides is 3. The first-order valence-electron chi connectivity index (χ1n) is 9.97. The number of benzene rings is 2. The predicted molar refractivity (Wildman–Crippen MR) is 122 cm³/mol. The van der Waals surface area contributed by atoms with E-state index in [0.29, 0.717) is 22.9 Å². The van der Waals surface area contributed by atoms with Crippen LogP contribution in [0.15, 0.2) is 60.8 Å². The van der Waals surface area contributed by atoms with E-state index in [0.717, 1.165) is 11.1 Å². The second kappa shape index (κ2) is 10.2. The maximum atomic E-state index is 12.2. The monoisotopic (exact) mass is 432 g/mol. The topological polar surface area (TPSA) is 109 Å². The Labute approximate surface area is 186 Å². The Morgan fingerprint density at radius 3 is 2.12 bits per heavy atom. The van der Waals surface area contributed by atoms with Crippen LogP contribution in [0.5, 0.6) is 11.5 Å². The predicted octanol–water partition coefficient (Wildman–Crippen LogP) is 3.82. The number of nitrogens with zero attached hydrogens (tertiary/aromatic N) is 1. The van der Waals surface area contributed by atoms with E-state index in [2.05, 4.69) is 20.9 Å². The number of nitrogens with one attached hydrogen (secondary N) is 3. The van der Waals surface area contributed by atoms with Crippen molar-refractivity contribution in [2.24, 2.45) is 0 Å². The molecular weight excluding hydrogens is 408 g/mol. The summed E-state index contributed by atoms with van der Waals surface area (Å²) >= 11 is 0. The first-order chi connectivity index (χ1) is 15.3. The third-order valence-corrected chi connectivity index (χ3v) is 4.68. The molecule has 0 unspecified atom stereocenters. The van der Waals surface area contributed by atoms with Gasteiger partial charge < -0.3 is 20.7 Å². The fraction of sp³-hybridized carbons (Fsp3) is 0.167. The quantitative estimate of drug-likeness (QED) is 0.492. The average Bonchev–Trinajstić information content (AvgIpc) is 2.77. The number of pyridine rings is 1. The van der Waals surface area contributed by atoms with Gasteiger partial charge in [0.1, 0.15) is 23.6 Å². The highest BCUT2D eigenvalue weighted by atomic mass is 16.5. The lowest BCUT2D eigenvalue weighted by atomic mass is 10.1. The van der Waals surface area contributed by atoms with Crippen LogP contribution >= 0.6 is 0 Å². The molecule has 3 amide bonds. The first-order valence-corrected chi connectivity index (χ1v) is 9.97. The number of ether oxygens (including phenoxy) is 1. The highest BCUT2D eigenvalue weighted by molar-refractivity contribution is 6.08. The SMILES string of the molecule is CNC(=O)c1cc(Oc2ccc(NC(=O)CC(=O)Nc3ccc(C)c(C)c3)cc2)ccn1. The second-order valence-corrected chi connectivity index (χ2v) is 7.15. The van der Waals surface area contributed by atoms with Gasteiger partial charge in [-0.05, 0) is 67.4 Å². The van der Waals surface area contributed by atoms with Gasteiger partial charge in [0.2, 0.25) is 11.8 Å². The summed E-state index contributed by atoms with van der Waals surface area (Å²) < 4.78 is 5.73. The van der Waals surface area contributed by atoms with E-state index in [-0.39, 0.29) is 18.0 Å². The Kier molecular flexibility index (Phi) is 7.17. The Morgan fingerprint density at radius 1 is 0.812 bits per heavy atom. The van der Waals surface area contributed by atoms with E-state index >= 15 is 0 Å². The summed E-state index contributed by atoms with van der Waals surface area (Å²) in [5.74, 6) is -0.155. The minimum atomic E-state index is -0.427. The van der Waals surface area contributed by atoms with Gasteiger partial charge in [-0.25, -0.2) is 0 Å². The standard InChI is InChI=1S/C24H24N4O4/c1-15-4-5-18(12-16(15)2)28-23(30)14-22(29)27-17-6-8-19(9-7-17)32-20-10-11-26-21(13-20)24(31)25-3/h4-13H,14H2,1-3H3,(H,25,31)(H,27,29)(H,28,30). The lowest BCUT2D eigenvalue weighted by molar-refractivity contribution is -0.123. The molecule has 8 heteroatoms. The lowest BCUT2D eigenvalue weighted by Gasteiger charge is -2.10. The summed E-state index contributed by atoms with van der Waals surface area (Å²) in [5.41, 5.74) is 3.62. The molecule has 0 aliphatic rings. The number of rotatable bonds is 7. The van der Waals surface area contributed by atoms with Gasteiger partial charge in [-0.15, -0.1) is 0 Å². The molecule has 0 atom stereocenters. The number of hydrogen-bond donors (Lipinski definition) is 3. The molecule has 1 heterocycles. The number of aryl methyl sites for hydroxylation is 2. The van der Waals surface area contributed by atoms with E-state index in [1.807, 2.05) is 26.0 Å². The van der Waals surface area contributed by atoms with Crippen LogP contribution in [0.4, 0.5) is 11.4 Å². The summed E-state index contributed by atoms with van der Waals surface area (Å²) in [5, 5.41) is 7.91. The Hall–Kier alpha value is -4.20. The van der Waals surface area contributed by atoms with Crippen LogP contribution in [-0.4, -0.2) is 29.8 Å². The van der Waals surface area contributed by atoms with Crippen LogP contribution < -0.4 is 20.7 Å². The van der Waals surface area contributed by atoms with Crippen LogP contribution in [0, 0.1) is 13.8 Å². The fourth-order valence-corrected chi connectivity index (χ4v) is 2.84. The first kappa shape index (κ1) is 22.5. The smallest absolute Gasteiger partial charge is 0.269 e. The van der Waals surface area contributed by atoms with Crippen LogP contribution in [-0.2, 0) is 9.59 Å².